The number of carbonyl (C=O) groups is 2. The first kappa shape index (κ1) is 21.2. The number of halogens is 1. The fourth-order valence-electron chi connectivity index (χ4n) is 2.93. The van der Waals surface area contributed by atoms with Gasteiger partial charge in [0.15, 0.2) is 15.6 Å². The molecule has 1 fully saturated rings. The van der Waals surface area contributed by atoms with E-state index in [1.165, 1.54) is 16.0 Å². The lowest BCUT2D eigenvalue weighted by molar-refractivity contribution is 0.100. The number of amides is 2. The van der Waals surface area contributed by atoms with Crippen molar-refractivity contribution in [3.63, 3.8) is 0 Å². The van der Waals surface area contributed by atoms with E-state index in [-0.39, 0.29) is 49.5 Å². The molecule has 1 aromatic carbocycles. The van der Waals surface area contributed by atoms with Crippen LogP contribution in [-0.4, -0.2) is 61.3 Å². The normalized spacial score (nSPS) is 15.7. The molecule has 0 atom stereocenters. The molecule has 2 aromatic rings. The lowest BCUT2D eigenvalue weighted by Gasteiger charge is -2.33. The lowest BCUT2D eigenvalue weighted by atomic mass is 10.1. The van der Waals surface area contributed by atoms with E-state index in [1.807, 2.05) is 0 Å². The number of nitrogens with zero attached hydrogens (tertiary/aromatic N) is 3. The van der Waals surface area contributed by atoms with Gasteiger partial charge >= 0.3 is 6.03 Å². The van der Waals surface area contributed by atoms with Crippen LogP contribution in [0, 0.1) is 0 Å². The Hall–Kier alpha value is -2.49. The molecule has 2 amide bonds. The third-order valence-corrected chi connectivity index (χ3v) is 6.50. The largest absolute Gasteiger partial charge is 0.324 e. The summed E-state index contributed by atoms with van der Waals surface area (Å²) in [5.41, 5.74) is 6.95. The van der Waals surface area contributed by atoms with E-state index in [9.17, 15) is 18.0 Å². The molecule has 29 heavy (non-hydrogen) atoms. The van der Waals surface area contributed by atoms with Crippen molar-refractivity contribution in [3.8, 4) is 0 Å². The summed E-state index contributed by atoms with van der Waals surface area (Å²) in [6, 6.07) is 9.75. The van der Waals surface area contributed by atoms with Gasteiger partial charge < -0.3 is 10.6 Å². The Balaban J connectivity index is 1.84. The second kappa shape index (κ2) is 8.89. The summed E-state index contributed by atoms with van der Waals surface area (Å²) in [6.07, 6.45) is 1.43. The second-order valence-electron chi connectivity index (χ2n) is 6.65. The summed E-state index contributed by atoms with van der Waals surface area (Å²) in [4.78, 5) is 32.1. The first-order chi connectivity index (χ1) is 13.8. The number of ketones is 1. The molecule has 10 heteroatoms. The smallest absolute Gasteiger partial charge is 0.324 e. The lowest BCUT2D eigenvalue weighted by Crippen LogP contribution is -2.49. The molecule has 0 spiro atoms. The molecule has 0 saturated carbocycles. The van der Waals surface area contributed by atoms with Crippen LogP contribution in [0.4, 0.5) is 10.5 Å². The van der Waals surface area contributed by atoms with Crippen LogP contribution in [0.25, 0.3) is 0 Å². The molecule has 0 aliphatic carbocycles. The average molecular weight is 437 g/mol. The van der Waals surface area contributed by atoms with Gasteiger partial charge in [-0.3, -0.25) is 14.7 Å². The Kier molecular flexibility index (Phi) is 6.51. The summed E-state index contributed by atoms with van der Waals surface area (Å²) in [6.45, 7) is 0.334. The van der Waals surface area contributed by atoms with Crippen LogP contribution in [0.15, 0.2) is 42.6 Å². The zero-order valence-electron chi connectivity index (χ0n) is 15.6. The number of urea groups is 1. The number of hydrogen-bond donors (Lipinski definition) is 1. The van der Waals surface area contributed by atoms with Gasteiger partial charge in [0.25, 0.3) is 0 Å². The number of sulfone groups is 1. The predicted molar refractivity (Wildman–Crippen MR) is 111 cm³/mol. The van der Waals surface area contributed by atoms with Gasteiger partial charge in [-0.2, -0.15) is 0 Å². The molecular formula is C19H21ClN4O4S. The van der Waals surface area contributed by atoms with Crippen LogP contribution < -0.4 is 10.6 Å². The highest BCUT2D eigenvalue weighted by atomic mass is 35.5. The fourth-order valence-corrected chi connectivity index (χ4v) is 4.25. The van der Waals surface area contributed by atoms with E-state index >= 15 is 0 Å². The van der Waals surface area contributed by atoms with Crippen molar-refractivity contribution in [2.45, 2.75) is 6.54 Å². The van der Waals surface area contributed by atoms with E-state index in [4.69, 9.17) is 17.3 Å². The SMILES string of the molecule is NCC(=O)c1ccc(CN(C(=O)N2CCS(=O)(=O)CC2)c2ccc(Cl)cc2)nc1. The molecule has 8 nitrogen and oxygen atoms in total. The van der Waals surface area contributed by atoms with Crippen molar-refractivity contribution in [2.24, 2.45) is 5.73 Å². The molecule has 1 saturated heterocycles. The second-order valence-corrected chi connectivity index (χ2v) is 9.39. The van der Waals surface area contributed by atoms with Gasteiger partial charge in [-0.1, -0.05) is 11.6 Å². The molecule has 2 heterocycles. The van der Waals surface area contributed by atoms with Crippen LogP contribution in [-0.2, 0) is 16.4 Å². The summed E-state index contributed by atoms with van der Waals surface area (Å²) < 4.78 is 23.4. The minimum absolute atomic E-state index is 0.0542. The number of benzene rings is 1. The van der Waals surface area contributed by atoms with Gasteiger partial charge in [0.1, 0.15) is 0 Å². The average Bonchev–Trinajstić information content (AvgIpc) is 2.72. The van der Waals surface area contributed by atoms with Crippen molar-refractivity contribution in [1.29, 1.82) is 0 Å². The first-order valence-electron chi connectivity index (χ1n) is 9.00. The number of rotatable bonds is 5. The fraction of sp³-hybridized carbons (Fsp3) is 0.316. The van der Waals surface area contributed by atoms with Crippen LogP contribution in [0.2, 0.25) is 5.02 Å². The summed E-state index contributed by atoms with van der Waals surface area (Å²) in [5, 5.41) is 0.535. The molecule has 0 unspecified atom stereocenters. The maximum absolute atomic E-state index is 13.1. The molecule has 154 valence electrons. The number of Topliss-reactive ketones (excluding diaryl/α,β-unsaturated/α-hetero) is 1. The third kappa shape index (κ3) is 5.31. The highest BCUT2D eigenvalue weighted by Gasteiger charge is 2.29. The summed E-state index contributed by atoms with van der Waals surface area (Å²) in [7, 11) is -3.10. The number of pyridine rings is 1. The number of anilines is 1. The maximum atomic E-state index is 13.1. The summed E-state index contributed by atoms with van der Waals surface area (Å²) in [5.74, 6) is -0.327. The quantitative estimate of drug-likeness (QED) is 0.714. The van der Waals surface area contributed by atoms with E-state index in [2.05, 4.69) is 4.98 Å². The Bertz CT molecular complexity index is 980. The van der Waals surface area contributed by atoms with E-state index in [0.717, 1.165) is 0 Å². The molecule has 3 rings (SSSR count). The molecule has 0 radical (unpaired) electrons. The number of aromatic nitrogens is 1. The Labute approximate surface area is 174 Å². The van der Waals surface area contributed by atoms with Gasteiger partial charge in [0, 0.05) is 35.6 Å². The topological polar surface area (TPSA) is 114 Å². The minimum Gasteiger partial charge on any atom is -0.324 e. The predicted octanol–water partition coefficient (Wildman–Crippen LogP) is 1.73. The number of hydrogen-bond acceptors (Lipinski definition) is 6. The van der Waals surface area contributed by atoms with Crippen molar-refractivity contribution in [3.05, 3.63) is 58.9 Å². The maximum Gasteiger partial charge on any atom is 0.324 e. The zero-order valence-corrected chi connectivity index (χ0v) is 17.2. The molecule has 1 aliphatic heterocycles. The van der Waals surface area contributed by atoms with Gasteiger partial charge in [0.2, 0.25) is 0 Å². The third-order valence-electron chi connectivity index (χ3n) is 4.64. The number of carbonyl (C=O) groups excluding carboxylic acids is 2. The van der Waals surface area contributed by atoms with E-state index in [1.54, 1.807) is 36.4 Å². The Morgan fingerprint density at radius 3 is 2.31 bits per heavy atom. The molecular weight excluding hydrogens is 416 g/mol. The van der Waals surface area contributed by atoms with Crippen molar-refractivity contribution < 1.29 is 18.0 Å². The van der Waals surface area contributed by atoms with Gasteiger partial charge in [-0.25, -0.2) is 13.2 Å². The highest BCUT2D eigenvalue weighted by molar-refractivity contribution is 7.91. The Morgan fingerprint density at radius 1 is 1.10 bits per heavy atom. The zero-order chi connectivity index (χ0) is 21.0. The highest BCUT2D eigenvalue weighted by Crippen LogP contribution is 2.22. The van der Waals surface area contributed by atoms with Crippen LogP contribution in [0.1, 0.15) is 16.1 Å². The summed E-state index contributed by atoms with van der Waals surface area (Å²) >= 11 is 5.96. The van der Waals surface area contributed by atoms with Crippen molar-refractivity contribution in [1.82, 2.24) is 9.88 Å². The van der Waals surface area contributed by atoms with Crippen LogP contribution >= 0.6 is 11.6 Å². The monoisotopic (exact) mass is 436 g/mol. The molecule has 2 N–H and O–H groups in total. The van der Waals surface area contributed by atoms with Gasteiger partial charge in [-0.05, 0) is 36.4 Å². The molecule has 0 bridgehead atoms. The molecule has 1 aromatic heterocycles. The van der Waals surface area contributed by atoms with E-state index in [0.29, 0.717) is 22.0 Å². The van der Waals surface area contributed by atoms with Gasteiger partial charge in [0.05, 0.1) is 30.3 Å². The van der Waals surface area contributed by atoms with Crippen molar-refractivity contribution in [2.75, 3.05) is 36.0 Å². The molecule has 1 aliphatic rings. The first-order valence-corrected chi connectivity index (χ1v) is 11.2. The van der Waals surface area contributed by atoms with Gasteiger partial charge in [-0.15, -0.1) is 0 Å². The van der Waals surface area contributed by atoms with E-state index < -0.39 is 9.84 Å². The number of nitrogens with two attached hydrogens (primary N) is 1. The minimum atomic E-state index is -3.10. The Morgan fingerprint density at radius 2 is 1.76 bits per heavy atom. The standard InChI is InChI=1S/C19H21ClN4O4S/c20-15-2-5-17(6-3-15)24(19(26)23-7-9-29(27,28)10-8-23)13-16-4-1-14(12-22-16)18(25)11-21/h1-6,12H,7-11,13,21H2. The van der Waals surface area contributed by atoms with Crippen LogP contribution in [0.3, 0.4) is 0 Å². The van der Waals surface area contributed by atoms with Crippen molar-refractivity contribution >= 4 is 38.9 Å². The van der Waals surface area contributed by atoms with Crippen LogP contribution in [0.5, 0.6) is 0 Å².